The molecular weight excluding hydrogens is 340 g/mol. The molecule has 2 aromatic carbocycles. The highest BCUT2D eigenvalue weighted by Crippen LogP contribution is 2.37. The fraction of sp³-hybridized carbons (Fsp3) is 0.105. The van der Waals surface area contributed by atoms with Gasteiger partial charge >= 0.3 is 17.6 Å². The van der Waals surface area contributed by atoms with E-state index in [-0.39, 0.29) is 28.2 Å². The van der Waals surface area contributed by atoms with Gasteiger partial charge in [0.2, 0.25) is 5.75 Å². The largest absolute Gasteiger partial charge is 0.487 e. The molecule has 3 rings (SSSR count). The molecule has 7 heteroatoms. The first-order valence-electron chi connectivity index (χ1n) is 7.60. The summed E-state index contributed by atoms with van der Waals surface area (Å²) in [6, 6.07) is 12.9. The van der Waals surface area contributed by atoms with Crippen molar-refractivity contribution in [2.45, 2.75) is 6.92 Å². The molecule has 3 aromatic rings. The average Bonchev–Trinajstić information content (AvgIpc) is 2.63. The van der Waals surface area contributed by atoms with Crippen molar-refractivity contribution in [1.82, 2.24) is 0 Å². The SMILES string of the molecule is COc1c(OC(=O)c2ccccc2)c2cccc(OC(C)=O)c2oc1=O. The molecule has 0 N–H and O–H groups in total. The van der Waals surface area contributed by atoms with Crippen LogP contribution >= 0.6 is 0 Å². The minimum atomic E-state index is -0.865. The van der Waals surface area contributed by atoms with E-state index in [1.807, 2.05) is 0 Å². The van der Waals surface area contributed by atoms with Crippen LogP contribution in [0.2, 0.25) is 0 Å². The zero-order valence-corrected chi connectivity index (χ0v) is 14.0. The molecule has 0 unspecified atom stereocenters. The first kappa shape index (κ1) is 17.2. The van der Waals surface area contributed by atoms with Crippen LogP contribution in [0, 0.1) is 0 Å². The monoisotopic (exact) mass is 354 g/mol. The topological polar surface area (TPSA) is 92.0 Å². The molecule has 0 amide bonds. The molecule has 0 fully saturated rings. The van der Waals surface area contributed by atoms with Gasteiger partial charge in [-0.05, 0) is 24.3 Å². The summed E-state index contributed by atoms with van der Waals surface area (Å²) in [6.45, 7) is 1.22. The van der Waals surface area contributed by atoms with E-state index < -0.39 is 17.6 Å². The lowest BCUT2D eigenvalue weighted by molar-refractivity contribution is -0.131. The highest BCUT2D eigenvalue weighted by molar-refractivity contribution is 5.97. The summed E-state index contributed by atoms with van der Waals surface area (Å²) < 4.78 is 20.7. The van der Waals surface area contributed by atoms with E-state index in [0.29, 0.717) is 5.56 Å². The van der Waals surface area contributed by atoms with E-state index >= 15 is 0 Å². The molecule has 26 heavy (non-hydrogen) atoms. The van der Waals surface area contributed by atoms with Gasteiger partial charge in [0.05, 0.1) is 18.1 Å². The number of carbonyl (C=O) groups excluding carboxylic acids is 2. The van der Waals surface area contributed by atoms with Crippen LogP contribution in [0.5, 0.6) is 17.2 Å². The minimum absolute atomic E-state index is 0.0237. The zero-order valence-electron chi connectivity index (χ0n) is 14.0. The Morgan fingerprint density at radius 1 is 0.923 bits per heavy atom. The molecule has 0 aliphatic carbocycles. The van der Waals surface area contributed by atoms with Crippen molar-refractivity contribution in [3.8, 4) is 17.2 Å². The number of carbonyl (C=O) groups is 2. The molecule has 0 bridgehead atoms. The lowest BCUT2D eigenvalue weighted by Gasteiger charge is -2.12. The van der Waals surface area contributed by atoms with Gasteiger partial charge in [-0.15, -0.1) is 0 Å². The van der Waals surface area contributed by atoms with Gasteiger partial charge in [-0.1, -0.05) is 24.3 Å². The molecule has 0 spiro atoms. The fourth-order valence-electron chi connectivity index (χ4n) is 2.39. The Bertz CT molecular complexity index is 1030. The first-order chi connectivity index (χ1) is 12.5. The summed E-state index contributed by atoms with van der Waals surface area (Å²) in [5.74, 6) is -1.59. The summed E-state index contributed by atoms with van der Waals surface area (Å²) >= 11 is 0. The number of fused-ring (bicyclic) bond motifs is 1. The van der Waals surface area contributed by atoms with Crippen LogP contribution in [0.15, 0.2) is 57.7 Å². The maximum Gasteiger partial charge on any atom is 0.383 e. The number of hydrogen-bond donors (Lipinski definition) is 0. The lowest BCUT2D eigenvalue weighted by atomic mass is 10.2. The number of benzene rings is 2. The van der Waals surface area contributed by atoms with Crippen molar-refractivity contribution in [2.75, 3.05) is 7.11 Å². The third-order valence-electron chi connectivity index (χ3n) is 3.47. The van der Waals surface area contributed by atoms with Gasteiger partial charge in [0, 0.05) is 6.92 Å². The van der Waals surface area contributed by atoms with Gasteiger partial charge in [0.25, 0.3) is 0 Å². The van der Waals surface area contributed by atoms with Gasteiger partial charge in [-0.25, -0.2) is 9.59 Å². The molecule has 0 saturated heterocycles. The van der Waals surface area contributed by atoms with Crippen LogP contribution in [-0.2, 0) is 4.79 Å². The fourth-order valence-corrected chi connectivity index (χ4v) is 2.39. The Balaban J connectivity index is 2.17. The molecule has 0 saturated carbocycles. The van der Waals surface area contributed by atoms with Crippen molar-refractivity contribution in [1.29, 1.82) is 0 Å². The Hall–Kier alpha value is -3.61. The van der Waals surface area contributed by atoms with Crippen molar-refractivity contribution in [2.24, 2.45) is 0 Å². The van der Waals surface area contributed by atoms with Gasteiger partial charge in [0.15, 0.2) is 17.1 Å². The van der Waals surface area contributed by atoms with Crippen molar-refractivity contribution >= 4 is 22.9 Å². The van der Waals surface area contributed by atoms with Gasteiger partial charge in [-0.2, -0.15) is 0 Å². The predicted octanol–water partition coefficient (Wildman–Crippen LogP) is 2.95. The molecule has 132 valence electrons. The maximum atomic E-state index is 12.4. The third-order valence-corrected chi connectivity index (χ3v) is 3.47. The normalized spacial score (nSPS) is 10.4. The second-order valence-corrected chi connectivity index (χ2v) is 5.23. The van der Waals surface area contributed by atoms with E-state index in [2.05, 4.69) is 0 Å². The number of methoxy groups -OCH3 is 1. The highest BCUT2D eigenvalue weighted by atomic mass is 16.6. The Morgan fingerprint density at radius 2 is 1.65 bits per heavy atom. The molecule has 0 aliphatic rings. The predicted molar refractivity (Wildman–Crippen MR) is 91.7 cm³/mol. The van der Waals surface area contributed by atoms with Gasteiger partial charge in [0.1, 0.15) is 0 Å². The number of esters is 2. The van der Waals surface area contributed by atoms with E-state index in [1.165, 1.54) is 20.1 Å². The first-order valence-corrected chi connectivity index (χ1v) is 7.60. The van der Waals surface area contributed by atoms with Crippen LogP contribution in [0.25, 0.3) is 11.0 Å². The molecule has 0 atom stereocenters. The smallest absolute Gasteiger partial charge is 0.383 e. The Labute approximate surface area is 147 Å². The second kappa shape index (κ2) is 7.10. The quantitative estimate of drug-likeness (QED) is 0.404. The van der Waals surface area contributed by atoms with Crippen LogP contribution in [0.3, 0.4) is 0 Å². The van der Waals surface area contributed by atoms with Crippen LogP contribution in [0.4, 0.5) is 0 Å². The van der Waals surface area contributed by atoms with E-state index in [0.717, 1.165) is 0 Å². The number of ether oxygens (including phenoxy) is 3. The molecule has 1 aromatic heterocycles. The van der Waals surface area contributed by atoms with E-state index in [1.54, 1.807) is 42.5 Å². The van der Waals surface area contributed by atoms with E-state index in [9.17, 15) is 14.4 Å². The van der Waals surface area contributed by atoms with Crippen molar-refractivity contribution < 1.29 is 28.2 Å². The number of para-hydroxylation sites is 1. The Kier molecular flexibility index (Phi) is 4.70. The standard InChI is InChI=1S/C19H14O7/c1-11(20)24-14-10-6-9-13-15(14)25-19(22)17(23-2)16(13)26-18(21)12-7-4-3-5-8-12/h3-10H,1-2H3. The van der Waals surface area contributed by atoms with Crippen molar-refractivity contribution in [3.05, 3.63) is 64.5 Å². The molecule has 0 radical (unpaired) electrons. The third kappa shape index (κ3) is 3.27. The maximum absolute atomic E-state index is 12.4. The van der Waals surface area contributed by atoms with Crippen LogP contribution < -0.4 is 19.8 Å². The number of rotatable bonds is 4. The Morgan fingerprint density at radius 3 is 2.31 bits per heavy atom. The summed E-state index contributed by atoms with van der Waals surface area (Å²) in [6.07, 6.45) is 0. The molecule has 1 heterocycles. The second-order valence-electron chi connectivity index (χ2n) is 5.23. The van der Waals surface area contributed by atoms with Gasteiger partial charge in [-0.3, -0.25) is 4.79 Å². The summed E-state index contributed by atoms with van der Waals surface area (Å²) in [5, 5.41) is 0.254. The average molecular weight is 354 g/mol. The van der Waals surface area contributed by atoms with Crippen LogP contribution in [-0.4, -0.2) is 19.0 Å². The van der Waals surface area contributed by atoms with Crippen molar-refractivity contribution in [3.63, 3.8) is 0 Å². The summed E-state index contributed by atoms with van der Waals surface area (Å²) in [7, 11) is 1.26. The summed E-state index contributed by atoms with van der Waals surface area (Å²) in [4.78, 5) is 35.9. The molecule has 0 aliphatic heterocycles. The lowest BCUT2D eigenvalue weighted by Crippen LogP contribution is -2.13. The summed E-state index contributed by atoms with van der Waals surface area (Å²) in [5.41, 5.74) is -0.591. The highest BCUT2D eigenvalue weighted by Gasteiger charge is 2.22. The molecular formula is C19H14O7. The zero-order chi connectivity index (χ0) is 18.7. The minimum Gasteiger partial charge on any atom is -0.487 e. The molecule has 7 nitrogen and oxygen atoms in total. The van der Waals surface area contributed by atoms with Gasteiger partial charge < -0.3 is 18.6 Å². The number of hydrogen-bond acceptors (Lipinski definition) is 7. The van der Waals surface area contributed by atoms with Crippen LogP contribution in [0.1, 0.15) is 17.3 Å². The van der Waals surface area contributed by atoms with E-state index in [4.69, 9.17) is 18.6 Å².